The second-order valence-corrected chi connectivity index (χ2v) is 8.32. The summed E-state index contributed by atoms with van der Waals surface area (Å²) in [7, 11) is 0. The molecule has 0 atom stereocenters. The van der Waals surface area contributed by atoms with Crippen LogP contribution in [0.1, 0.15) is 32.1 Å². The summed E-state index contributed by atoms with van der Waals surface area (Å²) in [5.41, 5.74) is 1.68. The second-order valence-electron chi connectivity index (χ2n) is 7.40. The van der Waals surface area contributed by atoms with E-state index in [1.165, 1.54) is 31.0 Å². The van der Waals surface area contributed by atoms with Crippen LogP contribution in [-0.4, -0.2) is 59.9 Å². The standard InChI is InChI=1S/C20H27N3O3S/c24-18(14-27-19-22-16-6-2-3-7-17(16)26-19)21-15-20(8-4-1-5-9-20)23-10-12-25-13-11-23/h2-3,6-7H,1,4-5,8-15H2,(H,21,24). The number of hydrogen-bond donors (Lipinski definition) is 1. The molecule has 27 heavy (non-hydrogen) atoms. The first-order valence-corrected chi connectivity index (χ1v) is 10.8. The van der Waals surface area contributed by atoms with Crippen molar-refractivity contribution in [2.24, 2.45) is 0 Å². The number of aromatic nitrogens is 1. The molecule has 1 aromatic carbocycles. The van der Waals surface area contributed by atoms with Gasteiger partial charge < -0.3 is 14.5 Å². The maximum absolute atomic E-state index is 12.5. The number of morpholine rings is 1. The zero-order chi connectivity index (χ0) is 18.5. The number of carbonyl (C=O) groups excluding carboxylic acids is 1. The fourth-order valence-electron chi connectivity index (χ4n) is 4.21. The molecule has 1 aliphatic heterocycles. The maximum Gasteiger partial charge on any atom is 0.257 e. The predicted octanol–water partition coefficient (Wildman–Crippen LogP) is 3.07. The summed E-state index contributed by atoms with van der Waals surface area (Å²) in [5.74, 6) is 0.368. The van der Waals surface area contributed by atoms with Gasteiger partial charge in [0.1, 0.15) is 5.52 Å². The van der Waals surface area contributed by atoms with Gasteiger partial charge >= 0.3 is 0 Å². The Morgan fingerprint density at radius 3 is 2.74 bits per heavy atom. The summed E-state index contributed by atoms with van der Waals surface area (Å²) in [6.07, 6.45) is 6.10. The van der Waals surface area contributed by atoms with Crippen molar-refractivity contribution in [2.45, 2.75) is 42.9 Å². The number of benzene rings is 1. The molecular formula is C20H27N3O3S. The van der Waals surface area contributed by atoms with Gasteiger partial charge in [0.15, 0.2) is 5.58 Å². The van der Waals surface area contributed by atoms with Crippen LogP contribution in [0.3, 0.4) is 0 Å². The molecular weight excluding hydrogens is 362 g/mol. The van der Waals surface area contributed by atoms with Crippen LogP contribution in [-0.2, 0) is 9.53 Å². The topological polar surface area (TPSA) is 67.6 Å². The average molecular weight is 390 g/mol. The summed E-state index contributed by atoms with van der Waals surface area (Å²) in [6, 6.07) is 7.66. The van der Waals surface area contributed by atoms with E-state index >= 15 is 0 Å². The molecule has 1 saturated heterocycles. The van der Waals surface area contributed by atoms with Gasteiger partial charge in [0.2, 0.25) is 5.91 Å². The van der Waals surface area contributed by atoms with Crippen LogP contribution in [0.25, 0.3) is 11.1 Å². The van der Waals surface area contributed by atoms with Crippen molar-refractivity contribution in [3.05, 3.63) is 24.3 Å². The number of nitrogens with one attached hydrogen (secondary N) is 1. The van der Waals surface area contributed by atoms with Crippen molar-refractivity contribution in [1.29, 1.82) is 0 Å². The largest absolute Gasteiger partial charge is 0.431 e. The Hall–Kier alpha value is -1.57. The predicted molar refractivity (Wildman–Crippen MR) is 106 cm³/mol. The third-order valence-electron chi connectivity index (χ3n) is 5.68. The van der Waals surface area contributed by atoms with Gasteiger partial charge in [-0.25, -0.2) is 4.98 Å². The average Bonchev–Trinajstić information content (AvgIpc) is 3.15. The number of amides is 1. The monoisotopic (exact) mass is 389 g/mol. The second kappa shape index (κ2) is 8.63. The van der Waals surface area contributed by atoms with Crippen LogP contribution >= 0.6 is 11.8 Å². The Morgan fingerprint density at radius 2 is 1.96 bits per heavy atom. The summed E-state index contributed by atoms with van der Waals surface area (Å²) in [5, 5.41) is 3.73. The van der Waals surface area contributed by atoms with E-state index in [1.807, 2.05) is 24.3 Å². The number of hydrogen-bond acceptors (Lipinski definition) is 6. The molecule has 1 amide bonds. The van der Waals surface area contributed by atoms with Crippen LogP contribution in [0, 0.1) is 0 Å². The summed E-state index contributed by atoms with van der Waals surface area (Å²) >= 11 is 1.35. The number of fused-ring (bicyclic) bond motifs is 1. The lowest BCUT2D eigenvalue weighted by Crippen LogP contribution is -2.59. The lowest BCUT2D eigenvalue weighted by Gasteiger charge is -2.48. The maximum atomic E-state index is 12.5. The molecule has 1 aromatic heterocycles. The van der Waals surface area contributed by atoms with Crippen molar-refractivity contribution in [2.75, 3.05) is 38.6 Å². The minimum absolute atomic E-state index is 0.0421. The van der Waals surface area contributed by atoms with Gasteiger partial charge in [-0.15, -0.1) is 0 Å². The van der Waals surface area contributed by atoms with Crippen LogP contribution < -0.4 is 5.32 Å². The van der Waals surface area contributed by atoms with Crippen LogP contribution in [0.2, 0.25) is 0 Å². The van der Waals surface area contributed by atoms with Crippen molar-refractivity contribution in [3.63, 3.8) is 0 Å². The highest BCUT2D eigenvalue weighted by Gasteiger charge is 2.38. The number of ether oxygens (including phenoxy) is 1. The molecule has 1 N–H and O–H groups in total. The van der Waals surface area contributed by atoms with Crippen molar-refractivity contribution in [1.82, 2.24) is 15.2 Å². The molecule has 7 heteroatoms. The Labute approximate surface area is 164 Å². The van der Waals surface area contributed by atoms with E-state index in [0.29, 0.717) is 11.0 Å². The number of carbonyl (C=O) groups is 1. The van der Waals surface area contributed by atoms with Gasteiger partial charge in [0.05, 0.1) is 19.0 Å². The van der Waals surface area contributed by atoms with Crippen molar-refractivity contribution < 1.29 is 13.9 Å². The highest BCUT2D eigenvalue weighted by molar-refractivity contribution is 7.99. The summed E-state index contributed by atoms with van der Waals surface area (Å²) in [6.45, 7) is 4.24. The molecule has 146 valence electrons. The molecule has 0 unspecified atom stereocenters. The molecule has 6 nitrogen and oxygen atoms in total. The van der Waals surface area contributed by atoms with Gasteiger partial charge in [-0.1, -0.05) is 43.2 Å². The number of oxazole rings is 1. The fraction of sp³-hybridized carbons (Fsp3) is 0.600. The Balaban J connectivity index is 1.32. The molecule has 2 aliphatic rings. The first kappa shape index (κ1) is 18.8. The summed E-state index contributed by atoms with van der Waals surface area (Å²) in [4.78, 5) is 19.4. The number of thioether (sulfide) groups is 1. The van der Waals surface area contributed by atoms with Gasteiger partial charge in [-0.05, 0) is 25.0 Å². The Bertz CT molecular complexity index is 734. The third kappa shape index (κ3) is 4.47. The molecule has 4 rings (SSSR count). The van der Waals surface area contributed by atoms with Crippen molar-refractivity contribution in [3.8, 4) is 0 Å². The smallest absolute Gasteiger partial charge is 0.257 e. The highest BCUT2D eigenvalue weighted by atomic mass is 32.2. The van der Waals surface area contributed by atoms with Gasteiger partial charge in [0, 0.05) is 25.2 Å². The van der Waals surface area contributed by atoms with Gasteiger partial charge in [0.25, 0.3) is 5.22 Å². The normalized spacial score (nSPS) is 20.6. The first-order chi connectivity index (χ1) is 13.3. The van der Waals surface area contributed by atoms with E-state index in [1.54, 1.807) is 0 Å². The number of rotatable bonds is 6. The van der Waals surface area contributed by atoms with Crippen LogP contribution in [0.4, 0.5) is 0 Å². The van der Waals surface area contributed by atoms with Crippen LogP contribution in [0.5, 0.6) is 0 Å². The van der Waals surface area contributed by atoms with E-state index in [0.717, 1.165) is 56.8 Å². The van der Waals surface area contributed by atoms with E-state index in [9.17, 15) is 4.79 Å². The van der Waals surface area contributed by atoms with Gasteiger partial charge in [-0.2, -0.15) is 0 Å². The lowest BCUT2D eigenvalue weighted by molar-refractivity contribution is -0.119. The molecule has 2 heterocycles. The minimum Gasteiger partial charge on any atom is -0.431 e. The van der Waals surface area contributed by atoms with E-state index < -0.39 is 0 Å². The highest BCUT2D eigenvalue weighted by Crippen LogP contribution is 2.34. The van der Waals surface area contributed by atoms with Crippen LogP contribution in [0.15, 0.2) is 33.9 Å². The minimum atomic E-state index is 0.0421. The molecule has 1 saturated carbocycles. The van der Waals surface area contributed by atoms with E-state index in [4.69, 9.17) is 9.15 Å². The lowest BCUT2D eigenvalue weighted by atomic mass is 9.79. The van der Waals surface area contributed by atoms with E-state index in [2.05, 4.69) is 15.2 Å². The molecule has 0 spiro atoms. The zero-order valence-electron chi connectivity index (χ0n) is 15.6. The Kier molecular flexibility index (Phi) is 6.00. The molecule has 2 aromatic rings. The Morgan fingerprint density at radius 1 is 1.19 bits per heavy atom. The zero-order valence-corrected chi connectivity index (χ0v) is 16.4. The summed E-state index contributed by atoms with van der Waals surface area (Å²) < 4.78 is 11.2. The number of nitrogens with zero attached hydrogens (tertiary/aromatic N) is 2. The van der Waals surface area contributed by atoms with E-state index in [-0.39, 0.29) is 11.4 Å². The molecule has 0 radical (unpaired) electrons. The SMILES string of the molecule is O=C(CSc1nc2ccccc2o1)NCC1(N2CCOCC2)CCCCC1. The molecule has 2 fully saturated rings. The van der Waals surface area contributed by atoms with Gasteiger partial charge in [-0.3, -0.25) is 9.69 Å². The van der Waals surface area contributed by atoms with Crippen molar-refractivity contribution >= 4 is 28.8 Å². The number of para-hydroxylation sites is 2. The molecule has 0 bridgehead atoms. The fourth-order valence-corrected chi connectivity index (χ4v) is 4.87. The third-order valence-corrected chi connectivity index (χ3v) is 6.51. The molecule has 1 aliphatic carbocycles. The quantitative estimate of drug-likeness (QED) is 0.766. The first-order valence-electron chi connectivity index (χ1n) is 9.83.